The van der Waals surface area contributed by atoms with Gasteiger partial charge in [-0.05, 0) is 6.42 Å². The Morgan fingerprint density at radius 1 is 1.06 bits per heavy atom. The third-order valence-corrected chi connectivity index (χ3v) is 3.66. The summed E-state index contributed by atoms with van der Waals surface area (Å²) in [5, 5.41) is 9.00. The minimum Gasteiger partial charge on any atom is -0.375 e. The van der Waals surface area contributed by atoms with E-state index >= 15 is 0 Å². The fourth-order valence-corrected chi connectivity index (χ4v) is 2.08. The van der Waals surface area contributed by atoms with Crippen LogP contribution >= 0.6 is 0 Å². The van der Waals surface area contributed by atoms with Crippen molar-refractivity contribution in [2.24, 2.45) is 0 Å². The number of rotatable bonds is 11. The molecule has 0 aromatic heterocycles. The van der Waals surface area contributed by atoms with Gasteiger partial charge in [0.15, 0.2) is 5.44 Å². The zero-order valence-electron chi connectivity index (χ0n) is 11.0. The highest BCUT2D eigenvalue weighted by atomic mass is 32.2. The number of aliphatic hydroxyl groups is 1. The van der Waals surface area contributed by atoms with Gasteiger partial charge in [-0.15, -0.1) is 0 Å². The van der Waals surface area contributed by atoms with Gasteiger partial charge in [0.1, 0.15) is 5.78 Å². The van der Waals surface area contributed by atoms with Gasteiger partial charge in [0.2, 0.25) is 0 Å². The molecule has 1 unspecified atom stereocenters. The predicted octanol–water partition coefficient (Wildman–Crippen LogP) is 2.29. The molecule has 0 aromatic carbocycles. The third-order valence-electron chi connectivity index (χ3n) is 2.81. The Morgan fingerprint density at radius 3 is 2.06 bits per heavy atom. The number of hydrogen-bond donors (Lipinski definition) is 2. The molecule has 5 nitrogen and oxygen atoms in total. The van der Waals surface area contributed by atoms with Crippen LogP contribution in [0.2, 0.25) is 0 Å². The Balaban J connectivity index is 3.54. The lowest BCUT2D eigenvalue weighted by molar-refractivity contribution is -0.120. The first kappa shape index (κ1) is 17.5. The van der Waals surface area contributed by atoms with Crippen LogP contribution in [-0.2, 0) is 14.9 Å². The highest BCUT2D eigenvalue weighted by Gasteiger charge is 2.22. The molecule has 2 N–H and O–H groups in total. The number of hydrogen-bond acceptors (Lipinski definition) is 4. The minimum absolute atomic E-state index is 0.264. The molecule has 0 heterocycles. The van der Waals surface area contributed by atoms with Crippen molar-refractivity contribution >= 4 is 15.9 Å². The number of unbranched alkanes of at least 4 members (excludes halogenated alkanes) is 6. The van der Waals surface area contributed by atoms with E-state index in [0.29, 0.717) is 6.42 Å². The zero-order chi connectivity index (χ0) is 14.0. The topological polar surface area (TPSA) is 91.7 Å². The van der Waals surface area contributed by atoms with E-state index < -0.39 is 22.0 Å². The standard InChI is InChI=1S/C12H24O5S/c1-2-3-4-5-6-7-8-9-11(13)10-12(14)18(15,16)17/h12,14H,2-10H2,1H3,(H,15,16,17). The van der Waals surface area contributed by atoms with Crippen molar-refractivity contribution in [2.45, 2.75) is 70.1 Å². The first-order valence-corrected chi connectivity index (χ1v) is 8.04. The second kappa shape index (κ2) is 9.47. The maximum Gasteiger partial charge on any atom is 0.292 e. The van der Waals surface area contributed by atoms with Crippen molar-refractivity contribution in [3.63, 3.8) is 0 Å². The number of Topliss-reactive ketones (excluding diaryl/α,β-unsaturated/α-hetero) is 1. The second-order valence-electron chi connectivity index (χ2n) is 4.58. The summed E-state index contributed by atoms with van der Waals surface area (Å²) in [6.07, 6.45) is 7.29. The Labute approximate surface area is 109 Å². The maximum atomic E-state index is 11.3. The molecule has 0 aliphatic heterocycles. The van der Waals surface area contributed by atoms with E-state index in [1.54, 1.807) is 0 Å². The molecule has 108 valence electrons. The van der Waals surface area contributed by atoms with Crippen LogP contribution in [0.1, 0.15) is 64.7 Å². The quantitative estimate of drug-likeness (QED) is 0.447. The van der Waals surface area contributed by atoms with E-state index in [1.807, 2.05) is 0 Å². The van der Waals surface area contributed by atoms with Crippen molar-refractivity contribution < 1.29 is 22.9 Å². The summed E-state index contributed by atoms with van der Waals surface area (Å²) in [5.41, 5.74) is -1.98. The molecule has 0 fully saturated rings. The molecule has 0 saturated heterocycles. The van der Waals surface area contributed by atoms with Gasteiger partial charge in [-0.25, -0.2) is 0 Å². The van der Waals surface area contributed by atoms with E-state index in [1.165, 1.54) is 19.3 Å². The largest absolute Gasteiger partial charge is 0.375 e. The Bertz CT molecular complexity index is 323. The molecule has 0 rings (SSSR count). The van der Waals surface area contributed by atoms with Crippen LogP contribution in [0.15, 0.2) is 0 Å². The predicted molar refractivity (Wildman–Crippen MR) is 69.8 cm³/mol. The van der Waals surface area contributed by atoms with Gasteiger partial charge in [-0.3, -0.25) is 9.35 Å². The summed E-state index contributed by atoms with van der Waals surface area (Å²) in [4.78, 5) is 11.3. The third kappa shape index (κ3) is 9.56. The van der Waals surface area contributed by atoms with Crippen molar-refractivity contribution in [1.82, 2.24) is 0 Å². The molecular weight excluding hydrogens is 256 g/mol. The molecule has 0 amide bonds. The van der Waals surface area contributed by atoms with Crippen molar-refractivity contribution in [3.8, 4) is 0 Å². The van der Waals surface area contributed by atoms with E-state index in [4.69, 9.17) is 9.66 Å². The molecule has 0 aliphatic rings. The molecule has 1 atom stereocenters. The van der Waals surface area contributed by atoms with Crippen LogP contribution in [0.3, 0.4) is 0 Å². The average molecular weight is 280 g/mol. The van der Waals surface area contributed by atoms with Gasteiger partial charge in [0.25, 0.3) is 10.1 Å². The van der Waals surface area contributed by atoms with Crippen LogP contribution in [-0.4, -0.2) is 29.3 Å². The number of carbonyl (C=O) groups is 1. The first-order valence-electron chi connectivity index (χ1n) is 6.54. The molecule has 0 bridgehead atoms. The van der Waals surface area contributed by atoms with Crippen LogP contribution in [0.25, 0.3) is 0 Å². The Kier molecular flexibility index (Phi) is 9.23. The summed E-state index contributed by atoms with van der Waals surface area (Å²) in [5.74, 6) is -0.325. The maximum absolute atomic E-state index is 11.3. The highest BCUT2D eigenvalue weighted by Crippen LogP contribution is 2.10. The van der Waals surface area contributed by atoms with Gasteiger partial charge in [0.05, 0.1) is 0 Å². The normalized spacial score (nSPS) is 13.5. The van der Waals surface area contributed by atoms with Gasteiger partial charge in [0, 0.05) is 12.8 Å². The number of ketones is 1. The molecule has 0 spiro atoms. The van der Waals surface area contributed by atoms with Crippen molar-refractivity contribution in [3.05, 3.63) is 0 Å². The summed E-state index contributed by atoms with van der Waals surface area (Å²) >= 11 is 0. The monoisotopic (exact) mass is 280 g/mol. The van der Waals surface area contributed by atoms with E-state index in [-0.39, 0.29) is 12.2 Å². The smallest absolute Gasteiger partial charge is 0.292 e. The Hall–Kier alpha value is -0.460. The summed E-state index contributed by atoms with van der Waals surface area (Å²) in [6.45, 7) is 2.15. The lowest BCUT2D eigenvalue weighted by atomic mass is 10.1. The van der Waals surface area contributed by atoms with Gasteiger partial charge >= 0.3 is 0 Å². The fraction of sp³-hybridized carbons (Fsp3) is 0.917. The van der Waals surface area contributed by atoms with E-state index in [0.717, 1.165) is 19.3 Å². The number of aliphatic hydroxyl groups excluding tert-OH is 1. The summed E-state index contributed by atoms with van der Waals surface area (Å²) in [6, 6.07) is 0. The van der Waals surface area contributed by atoms with E-state index in [2.05, 4.69) is 6.92 Å². The van der Waals surface area contributed by atoms with Crippen LogP contribution in [0.5, 0.6) is 0 Å². The van der Waals surface area contributed by atoms with Crippen molar-refractivity contribution in [1.29, 1.82) is 0 Å². The van der Waals surface area contributed by atoms with Crippen LogP contribution in [0, 0.1) is 0 Å². The lowest BCUT2D eigenvalue weighted by Crippen LogP contribution is -2.23. The van der Waals surface area contributed by atoms with Crippen LogP contribution in [0.4, 0.5) is 0 Å². The summed E-state index contributed by atoms with van der Waals surface area (Å²) < 4.78 is 29.5. The second-order valence-corrected chi connectivity index (χ2v) is 6.16. The Morgan fingerprint density at radius 2 is 1.56 bits per heavy atom. The SMILES string of the molecule is CCCCCCCCCC(=O)CC(O)S(=O)(=O)O. The molecule has 0 aromatic rings. The first-order chi connectivity index (χ1) is 8.38. The fourth-order valence-electron chi connectivity index (χ4n) is 1.68. The molecule has 18 heavy (non-hydrogen) atoms. The van der Waals surface area contributed by atoms with Crippen LogP contribution < -0.4 is 0 Å². The molecule has 6 heteroatoms. The van der Waals surface area contributed by atoms with Gasteiger partial charge in [-0.2, -0.15) is 8.42 Å². The lowest BCUT2D eigenvalue weighted by Gasteiger charge is -2.06. The summed E-state index contributed by atoms with van der Waals surface area (Å²) in [7, 11) is -4.51. The van der Waals surface area contributed by atoms with Gasteiger partial charge in [-0.1, -0.05) is 45.4 Å². The zero-order valence-corrected chi connectivity index (χ0v) is 11.8. The molecule has 0 radical (unpaired) electrons. The molecule has 0 saturated carbocycles. The molecule has 0 aliphatic carbocycles. The average Bonchev–Trinajstić information content (AvgIpc) is 2.26. The van der Waals surface area contributed by atoms with E-state index in [9.17, 15) is 13.2 Å². The van der Waals surface area contributed by atoms with Crippen molar-refractivity contribution in [2.75, 3.05) is 0 Å². The molecular formula is C12H24O5S. The number of carbonyl (C=O) groups excluding carboxylic acids is 1. The highest BCUT2D eigenvalue weighted by molar-refractivity contribution is 7.86. The van der Waals surface area contributed by atoms with Gasteiger partial charge < -0.3 is 5.11 Å². The minimum atomic E-state index is -4.51.